The van der Waals surface area contributed by atoms with Crippen LogP contribution < -0.4 is 5.32 Å². The predicted octanol–water partition coefficient (Wildman–Crippen LogP) is 5.20. The van der Waals surface area contributed by atoms with Crippen LogP contribution in [0.25, 0.3) is 22.3 Å². The number of thioether (sulfide) groups is 1. The highest BCUT2D eigenvalue weighted by Gasteiger charge is 2.12. The maximum atomic E-state index is 12.2. The Morgan fingerprint density at radius 1 is 1.15 bits per heavy atom. The Kier molecular flexibility index (Phi) is 6.69. The molecule has 1 amide bonds. The summed E-state index contributed by atoms with van der Waals surface area (Å²) in [5.74, 6) is 1.54. The topological polar surface area (TPSA) is 54.9 Å². The van der Waals surface area contributed by atoms with Crippen LogP contribution in [0.5, 0.6) is 0 Å². The van der Waals surface area contributed by atoms with Gasteiger partial charge in [-0.05, 0) is 30.5 Å². The lowest BCUT2D eigenvalue weighted by Gasteiger charge is -2.10. The number of aromatic nitrogens is 2. The first kappa shape index (κ1) is 19.6. The average Bonchev–Trinajstić information content (AvgIpc) is 2.66. The molecule has 140 valence electrons. The molecular formula is C21H22ClN3OS. The third-order valence-electron chi connectivity index (χ3n) is 4.04. The second-order valence-electron chi connectivity index (χ2n) is 6.70. The SMILES string of the molecule is CC(C)CCNC(=O)CSc1nc(-c2ccccc2)nc2ccc(Cl)cc12. The first-order valence-electron chi connectivity index (χ1n) is 8.95. The number of benzene rings is 2. The Labute approximate surface area is 168 Å². The molecule has 6 heteroatoms. The summed E-state index contributed by atoms with van der Waals surface area (Å²) >= 11 is 7.58. The summed E-state index contributed by atoms with van der Waals surface area (Å²) in [7, 11) is 0. The largest absolute Gasteiger partial charge is 0.355 e. The Morgan fingerprint density at radius 2 is 1.93 bits per heavy atom. The van der Waals surface area contributed by atoms with Crippen molar-refractivity contribution in [1.29, 1.82) is 0 Å². The quantitative estimate of drug-likeness (QED) is 0.438. The molecule has 0 aliphatic carbocycles. The second-order valence-corrected chi connectivity index (χ2v) is 8.10. The van der Waals surface area contributed by atoms with Crippen LogP contribution in [0, 0.1) is 5.92 Å². The molecule has 1 N–H and O–H groups in total. The van der Waals surface area contributed by atoms with Crippen molar-refractivity contribution < 1.29 is 4.79 Å². The zero-order valence-corrected chi connectivity index (χ0v) is 17.0. The van der Waals surface area contributed by atoms with Crippen LogP contribution in [0.15, 0.2) is 53.6 Å². The van der Waals surface area contributed by atoms with Crippen molar-refractivity contribution in [3.8, 4) is 11.4 Å². The van der Waals surface area contributed by atoms with Crippen molar-refractivity contribution in [1.82, 2.24) is 15.3 Å². The van der Waals surface area contributed by atoms with Crippen molar-refractivity contribution in [2.45, 2.75) is 25.3 Å². The molecule has 4 nitrogen and oxygen atoms in total. The number of nitrogens with zero attached hydrogens (tertiary/aromatic N) is 2. The van der Waals surface area contributed by atoms with E-state index in [9.17, 15) is 4.79 Å². The van der Waals surface area contributed by atoms with Crippen LogP contribution >= 0.6 is 23.4 Å². The summed E-state index contributed by atoms with van der Waals surface area (Å²) in [4.78, 5) is 21.5. The van der Waals surface area contributed by atoms with Crippen LogP contribution in [0.2, 0.25) is 5.02 Å². The summed E-state index contributed by atoms with van der Waals surface area (Å²) in [5.41, 5.74) is 1.76. The van der Waals surface area contributed by atoms with E-state index in [4.69, 9.17) is 16.6 Å². The van der Waals surface area contributed by atoms with E-state index < -0.39 is 0 Å². The molecule has 0 radical (unpaired) electrons. The van der Waals surface area contributed by atoms with Gasteiger partial charge in [0.25, 0.3) is 0 Å². The van der Waals surface area contributed by atoms with Crippen LogP contribution in [0.4, 0.5) is 0 Å². The summed E-state index contributed by atoms with van der Waals surface area (Å²) in [5, 5.41) is 5.21. The molecule has 3 aromatic rings. The highest BCUT2D eigenvalue weighted by atomic mass is 35.5. The number of fused-ring (bicyclic) bond motifs is 1. The fraction of sp³-hybridized carbons (Fsp3) is 0.286. The van der Waals surface area contributed by atoms with Crippen molar-refractivity contribution in [2.75, 3.05) is 12.3 Å². The van der Waals surface area contributed by atoms with E-state index in [0.717, 1.165) is 27.9 Å². The smallest absolute Gasteiger partial charge is 0.230 e. The Hall–Kier alpha value is -2.11. The summed E-state index contributed by atoms with van der Waals surface area (Å²) in [6.07, 6.45) is 0.973. The van der Waals surface area contributed by atoms with Gasteiger partial charge in [-0.1, -0.05) is 67.5 Å². The fourth-order valence-electron chi connectivity index (χ4n) is 2.58. The van der Waals surface area contributed by atoms with Gasteiger partial charge in [0.05, 0.1) is 11.3 Å². The Balaban J connectivity index is 1.84. The van der Waals surface area contributed by atoms with Gasteiger partial charge >= 0.3 is 0 Å². The van der Waals surface area contributed by atoms with Gasteiger partial charge in [-0.15, -0.1) is 0 Å². The maximum Gasteiger partial charge on any atom is 0.230 e. The maximum absolute atomic E-state index is 12.2. The molecule has 0 unspecified atom stereocenters. The molecule has 0 saturated carbocycles. The van der Waals surface area contributed by atoms with Crippen molar-refractivity contribution in [2.24, 2.45) is 5.92 Å². The number of rotatable bonds is 7. The highest BCUT2D eigenvalue weighted by molar-refractivity contribution is 8.00. The first-order valence-corrected chi connectivity index (χ1v) is 10.3. The molecule has 0 spiro atoms. The minimum Gasteiger partial charge on any atom is -0.355 e. The first-order chi connectivity index (χ1) is 13.0. The Morgan fingerprint density at radius 3 is 2.67 bits per heavy atom. The lowest BCUT2D eigenvalue weighted by molar-refractivity contribution is -0.118. The number of hydrogen-bond acceptors (Lipinski definition) is 4. The average molecular weight is 400 g/mol. The minimum absolute atomic E-state index is 0.00991. The summed E-state index contributed by atoms with van der Waals surface area (Å²) < 4.78 is 0. The number of carbonyl (C=O) groups excluding carboxylic acids is 1. The molecule has 27 heavy (non-hydrogen) atoms. The third kappa shape index (κ3) is 5.44. The van der Waals surface area contributed by atoms with E-state index in [-0.39, 0.29) is 5.91 Å². The van der Waals surface area contributed by atoms with Gasteiger partial charge in [0.2, 0.25) is 5.91 Å². The number of carbonyl (C=O) groups is 1. The molecule has 0 fully saturated rings. The summed E-state index contributed by atoms with van der Waals surface area (Å²) in [6.45, 7) is 4.98. The van der Waals surface area contributed by atoms with Crippen LogP contribution in [0.3, 0.4) is 0 Å². The van der Waals surface area contributed by atoms with Gasteiger partial charge in [-0.25, -0.2) is 9.97 Å². The van der Waals surface area contributed by atoms with E-state index >= 15 is 0 Å². The zero-order valence-electron chi connectivity index (χ0n) is 15.4. The molecule has 0 saturated heterocycles. The molecule has 1 aromatic heterocycles. The van der Waals surface area contributed by atoms with Gasteiger partial charge in [-0.2, -0.15) is 0 Å². The van der Waals surface area contributed by atoms with Gasteiger partial charge in [0, 0.05) is 22.5 Å². The van der Waals surface area contributed by atoms with E-state index in [0.29, 0.717) is 29.1 Å². The van der Waals surface area contributed by atoms with E-state index in [1.54, 1.807) is 0 Å². The van der Waals surface area contributed by atoms with E-state index in [1.807, 2.05) is 48.5 Å². The van der Waals surface area contributed by atoms with Crippen LogP contribution in [0.1, 0.15) is 20.3 Å². The van der Waals surface area contributed by atoms with E-state index in [2.05, 4.69) is 24.1 Å². The van der Waals surface area contributed by atoms with E-state index in [1.165, 1.54) is 11.8 Å². The third-order valence-corrected chi connectivity index (χ3v) is 5.26. The minimum atomic E-state index is 0.00991. The molecule has 0 aliphatic rings. The van der Waals surface area contributed by atoms with Crippen LogP contribution in [-0.2, 0) is 4.79 Å². The molecular weight excluding hydrogens is 378 g/mol. The molecule has 3 rings (SSSR count). The standard InChI is InChI=1S/C21H22ClN3OS/c1-14(2)10-11-23-19(26)13-27-21-17-12-16(22)8-9-18(17)24-20(25-21)15-6-4-3-5-7-15/h3-9,12,14H,10-11,13H2,1-2H3,(H,23,26). The lowest BCUT2D eigenvalue weighted by atomic mass is 10.1. The summed E-state index contributed by atoms with van der Waals surface area (Å²) in [6, 6.07) is 15.4. The lowest BCUT2D eigenvalue weighted by Crippen LogP contribution is -2.26. The second kappa shape index (κ2) is 9.20. The van der Waals surface area contributed by atoms with Crippen molar-refractivity contribution in [3.63, 3.8) is 0 Å². The van der Waals surface area contributed by atoms with Gasteiger partial charge in [0.1, 0.15) is 5.03 Å². The highest BCUT2D eigenvalue weighted by Crippen LogP contribution is 2.30. The van der Waals surface area contributed by atoms with Crippen molar-refractivity contribution in [3.05, 3.63) is 53.6 Å². The van der Waals surface area contributed by atoms with Crippen molar-refractivity contribution >= 4 is 40.2 Å². The number of hydrogen-bond donors (Lipinski definition) is 1. The van der Waals surface area contributed by atoms with Gasteiger partial charge in [0.15, 0.2) is 5.82 Å². The number of nitrogens with one attached hydrogen (secondary N) is 1. The number of amides is 1. The normalized spacial score (nSPS) is 11.1. The van der Waals surface area contributed by atoms with Gasteiger partial charge < -0.3 is 5.32 Å². The predicted molar refractivity (Wildman–Crippen MR) is 113 cm³/mol. The number of halogens is 1. The monoisotopic (exact) mass is 399 g/mol. The van der Waals surface area contributed by atoms with Gasteiger partial charge in [-0.3, -0.25) is 4.79 Å². The Bertz CT molecular complexity index is 931. The molecule has 2 aromatic carbocycles. The zero-order chi connectivity index (χ0) is 19.2. The van der Waals surface area contributed by atoms with Crippen LogP contribution in [-0.4, -0.2) is 28.2 Å². The molecule has 0 aliphatic heterocycles. The molecule has 1 heterocycles. The fourth-order valence-corrected chi connectivity index (χ4v) is 3.60. The molecule has 0 bridgehead atoms. The molecule has 0 atom stereocenters.